The molecule has 1 amide bonds. The fourth-order valence-corrected chi connectivity index (χ4v) is 2.33. The fourth-order valence-electron chi connectivity index (χ4n) is 1.70. The molecule has 0 saturated carbocycles. The minimum absolute atomic E-state index is 0.122. The van der Waals surface area contributed by atoms with E-state index in [0.29, 0.717) is 5.56 Å². The average molecular weight is 289 g/mol. The van der Waals surface area contributed by atoms with E-state index in [1.165, 1.54) is 11.3 Å². The van der Waals surface area contributed by atoms with E-state index in [0.717, 1.165) is 5.56 Å². The molecule has 1 aromatic heterocycles. The number of hydrogen-bond donors (Lipinski definition) is 1. The number of amides is 1. The highest BCUT2D eigenvalue weighted by molar-refractivity contribution is 7.08. The van der Waals surface area contributed by atoms with Gasteiger partial charge in [0.1, 0.15) is 0 Å². The molecule has 20 heavy (non-hydrogen) atoms. The van der Waals surface area contributed by atoms with Crippen LogP contribution in [0.15, 0.2) is 47.2 Å². The van der Waals surface area contributed by atoms with E-state index in [9.17, 15) is 9.59 Å². The van der Waals surface area contributed by atoms with Crippen LogP contribution in [-0.2, 0) is 9.53 Å². The molecule has 0 aliphatic rings. The fraction of sp³-hybridized carbons (Fsp3) is 0.200. The lowest BCUT2D eigenvalue weighted by molar-refractivity contribution is -0.124. The predicted octanol–water partition coefficient (Wildman–Crippen LogP) is 2.78. The summed E-state index contributed by atoms with van der Waals surface area (Å²) in [6.07, 6.45) is 0. The van der Waals surface area contributed by atoms with Gasteiger partial charge < -0.3 is 10.1 Å². The van der Waals surface area contributed by atoms with Gasteiger partial charge in [0.25, 0.3) is 5.91 Å². The van der Waals surface area contributed by atoms with Crippen LogP contribution in [0.3, 0.4) is 0 Å². The Morgan fingerprint density at radius 1 is 1.25 bits per heavy atom. The number of thiophene rings is 1. The van der Waals surface area contributed by atoms with Crippen molar-refractivity contribution >= 4 is 23.2 Å². The molecule has 0 fully saturated rings. The molecule has 0 saturated heterocycles. The molecule has 4 nitrogen and oxygen atoms in total. The summed E-state index contributed by atoms with van der Waals surface area (Å²) < 4.78 is 4.94. The van der Waals surface area contributed by atoms with E-state index >= 15 is 0 Å². The summed E-state index contributed by atoms with van der Waals surface area (Å²) in [5.41, 5.74) is 1.48. The number of rotatable bonds is 5. The van der Waals surface area contributed by atoms with Crippen LogP contribution in [0, 0.1) is 0 Å². The van der Waals surface area contributed by atoms with Gasteiger partial charge in [0.15, 0.2) is 6.61 Å². The Kier molecular flexibility index (Phi) is 4.90. The zero-order chi connectivity index (χ0) is 14.4. The Labute approximate surface area is 121 Å². The second-order valence-electron chi connectivity index (χ2n) is 4.29. The molecule has 0 bridgehead atoms. The molecule has 0 spiro atoms. The smallest absolute Gasteiger partial charge is 0.339 e. The molecule has 2 aromatic rings. The highest BCUT2D eigenvalue weighted by Gasteiger charge is 2.13. The first-order valence-electron chi connectivity index (χ1n) is 6.20. The predicted molar refractivity (Wildman–Crippen MR) is 77.6 cm³/mol. The summed E-state index contributed by atoms with van der Waals surface area (Å²) in [5.74, 6) is -0.793. The van der Waals surface area contributed by atoms with Crippen molar-refractivity contribution in [3.05, 3.63) is 58.3 Å². The van der Waals surface area contributed by atoms with Gasteiger partial charge in [-0.2, -0.15) is 11.3 Å². The van der Waals surface area contributed by atoms with Crippen LogP contribution in [0.5, 0.6) is 0 Å². The summed E-state index contributed by atoms with van der Waals surface area (Å²) in [6.45, 7) is 1.61. The Morgan fingerprint density at radius 2 is 2.00 bits per heavy atom. The zero-order valence-electron chi connectivity index (χ0n) is 11.0. The van der Waals surface area contributed by atoms with E-state index in [4.69, 9.17) is 4.74 Å². The van der Waals surface area contributed by atoms with E-state index in [1.54, 1.807) is 16.8 Å². The molecule has 2 rings (SSSR count). The lowest BCUT2D eigenvalue weighted by Gasteiger charge is -2.14. The first-order valence-corrected chi connectivity index (χ1v) is 7.14. The first-order chi connectivity index (χ1) is 9.66. The number of ether oxygens (including phenoxy) is 1. The Bertz CT molecular complexity index is 566. The van der Waals surface area contributed by atoms with Gasteiger partial charge >= 0.3 is 5.97 Å². The van der Waals surface area contributed by atoms with Gasteiger partial charge in [0.2, 0.25) is 0 Å². The van der Waals surface area contributed by atoms with E-state index in [1.807, 2.05) is 37.3 Å². The topological polar surface area (TPSA) is 55.4 Å². The minimum atomic E-state index is -0.478. The van der Waals surface area contributed by atoms with Crippen LogP contribution in [-0.4, -0.2) is 18.5 Å². The largest absolute Gasteiger partial charge is 0.452 e. The highest BCUT2D eigenvalue weighted by atomic mass is 32.1. The van der Waals surface area contributed by atoms with Crippen LogP contribution < -0.4 is 5.32 Å². The summed E-state index contributed by atoms with van der Waals surface area (Å²) in [7, 11) is 0. The lowest BCUT2D eigenvalue weighted by Crippen LogP contribution is -2.31. The van der Waals surface area contributed by atoms with E-state index < -0.39 is 5.97 Å². The normalized spacial score (nSPS) is 11.7. The van der Waals surface area contributed by atoms with Gasteiger partial charge in [-0.15, -0.1) is 0 Å². The number of carbonyl (C=O) groups excluding carboxylic acids is 2. The summed E-state index contributed by atoms with van der Waals surface area (Å²) in [4.78, 5) is 23.3. The maximum absolute atomic E-state index is 11.7. The SMILES string of the molecule is C[C@H](NC(=O)COC(=O)c1ccsc1)c1ccccc1. The molecule has 0 radical (unpaired) electrons. The van der Waals surface area contributed by atoms with Crippen LogP contribution in [0.25, 0.3) is 0 Å². The Hall–Kier alpha value is -2.14. The maximum atomic E-state index is 11.7. The third-order valence-corrected chi connectivity index (χ3v) is 3.45. The molecular weight excluding hydrogens is 274 g/mol. The third kappa shape index (κ3) is 3.93. The number of carbonyl (C=O) groups is 2. The van der Waals surface area contributed by atoms with Crippen molar-refractivity contribution in [2.45, 2.75) is 13.0 Å². The quantitative estimate of drug-likeness (QED) is 0.861. The molecule has 0 aliphatic heterocycles. The van der Waals surface area contributed by atoms with Crippen LogP contribution in [0.2, 0.25) is 0 Å². The molecule has 1 aromatic carbocycles. The molecule has 104 valence electrons. The molecule has 0 unspecified atom stereocenters. The molecular formula is C15H15NO3S. The van der Waals surface area contributed by atoms with Gasteiger partial charge in [-0.25, -0.2) is 4.79 Å². The van der Waals surface area contributed by atoms with Crippen molar-refractivity contribution in [3.8, 4) is 0 Å². The maximum Gasteiger partial charge on any atom is 0.339 e. The standard InChI is InChI=1S/C15H15NO3S/c1-11(12-5-3-2-4-6-12)16-14(17)9-19-15(18)13-7-8-20-10-13/h2-8,10-11H,9H2,1H3,(H,16,17)/t11-/m0/s1. The minimum Gasteiger partial charge on any atom is -0.452 e. The van der Waals surface area contributed by atoms with Crippen LogP contribution >= 0.6 is 11.3 Å². The monoisotopic (exact) mass is 289 g/mol. The summed E-state index contributed by atoms with van der Waals surface area (Å²) >= 11 is 1.41. The Morgan fingerprint density at radius 3 is 2.65 bits per heavy atom. The van der Waals surface area contributed by atoms with Gasteiger partial charge in [0.05, 0.1) is 11.6 Å². The van der Waals surface area contributed by atoms with Crippen molar-refractivity contribution in [2.75, 3.05) is 6.61 Å². The van der Waals surface area contributed by atoms with Crippen LogP contribution in [0.4, 0.5) is 0 Å². The van der Waals surface area contributed by atoms with E-state index in [-0.39, 0.29) is 18.6 Å². The number of benzene rings is 1. The summed E-state index contributed by atoms with van der Waals surface area (Å²) in [6, 6.07) is 11.1. The van der Waals surface area contributed by atoms with Crippen molar-refractivity contribution in [1.29, 1.82) is 0 Å². The van der Waals surface area contributed by atoms with Crippen LogP contribution in [0.1, 0.15) is 28.9 Å². The third-order valence-electron chi connectivity index (χ3n) is 2.77. The Balaban J connectivity index is 1.80. The first kappa shape index (κ1) is 14.3. The van der Waals surface area contributed by atoms with Gasteiger partial charge in [-0.1, -0.05) is 30.3 Å². The van der Waals surface area contributed by atoms with Gasteiger partial charge in [0, 0.05) is 5.38 Å². The molecule has 1 N–H and O–H groups in total. The number of hydrogen-bond acceptors (Lipinski definition) is 4. The number of esters is 1. The molecule has 1 heterocycles. The van der Waals surface area contributed by atoms with Crippen molar-refractivity contribution in [3.63, 3.8) is 0 Å². The lowest BCUT2D eigenvalue weighted by atomic mass is 10.1. The molecule has 5 heteroatoms. The second kappa shape index (κ2) is 6.86. The average Bonchev–Trinajstić information content (AvgIpc) is 3.00. The van der Waals surface area contributed by atoms with Crippen molar-refractivity contribution in [1.82, 2.24) is 5.32 Å². The second-order valence-corrected chi connectivity index (χ2v) is 5.07. The van der Waals surface area contributed by atoms with Crippen molar-refractivity contribution in [2.24, 2.45) is 0 Å². The van der Waals surface area contributed by atoms with Crippen molar-refractivity contribution < 1.29 is 14.3 Å². The van der Waals surface area contributed by atoms with E-state index in [2.05, 4.69) is 5.32 Å². The zero-order valence-corrected chi connectivity index (χ0v) is 11.9. The molecule has 0 aliphatic carbocycles. The highest BCUT2D eigenvalue weighted by Crippen LogP contribution is 2.11. The van der Waals surface area contributed by atoms with Gasteiger partial charge in [-0.3, -0.25) is 4.79 Å². The summed E-state index contributed by atoms with van der Waals surface area (Å²) in [5, 5.41) is 6.26. The van der Waals surface area contributed by atoms with Gasteiger partial charge in [-0.05, 0) is 23.9 Å². The number of nitrogens with one attached hydrogen (secondary N) is 1. The molecule has 1 atom stereocenters.